The zero-order valence-electron chi connectivity index (χ0n) is 2.71. The van der Waals surface area contributed by atoms with Gasteiger partial charge in [0.15, 0.2) is 0 Å². The van der Waals surface area contributed by atoms with Gasteiger partial charge < -0.3 is 0 Å². The van der Waals surface area contributed by atoms with Crippen LogP contribution in [-0.4, -0.2) is 96.2 Å². The van der Waals surface area contributed by atoms with Gasteiger partial charge in [0.2, 0.25) is 0 Å². The van der Waals surface area contributed by atoms with Gasteiger partial charge >= 0.3 is 30.4 Å². The molecule has 5 heavy (non-hydrogen) atoms. The molecular weight excluding hydrogens is 309 g/mol. The molecule has 0 heterocycles. The number of rotatable bonds is 0. The molecule has 0 saturated carbocycles. The molecule has 0 saturated heterocycles. The first-order valence-corrected chi connectivity index (χ1v) is 3.57. The molecule has 2 N–H and O–H groups in total. The zero-order valence-corrected chi connectivity index (χ0v) is 11.3. The van der Waals surface area contributed by atoms with E-state index in [9.17, 15) is 0 Å². The predicted octanol–water partition coefficient (Wildman–Crippen LogP) is -1.99. The van der Waals surface area contributed by atoms with Crippen LogP contribution in [0.25, 0.3) is 0 Å². The van der Waals surface area contributed by atoms with Gasteiger partial charge in [-0.2, -0.15) is 0 Å². The standard InChI is InChI=1S/Cs.H2O3Te/c;1-4(2)3/h;(H2,1,2,3). The van der Waals surface area contributed by atoms with E-state index in [2.05, 4.69) is 0 Å². The van der Waals surface area contributed by atoms with Crippen LogP contribution in [0.3, 0.4) is 0 Å². The molecule has 3 nitrogen and oxygen atoms in total. The molecular formula is H2CsO3Te. The van der Waals surface area contributed by atoms with Crippen molar-refractivity contribution in [3.05, 3.63) is 0 Å². The molecule has 0 aliphatic heterocycles. The minimum absolute atomic E-state index is 0. The van der Waals surface area contributed by atoms with Crippen molar-refractivity contribution in [3.63, 3.8) is 0 Å². The molecule has 0 aromatic heterocycles. The van der Waals surface area contributed by atoms with Crippen LogP contribution in [0.15, 0.2) is 0 Å². The van der Waals surface area contributed by atoms with E-state index in [1.54, 1.807) is 0 Å². The van der Waals surface area contributed by atoms with Gasteiger partial charge in [-0.25, -0.2) is 0 Å². The quantitative estimate of drug-likeness (QED) is 0.509. The van der Waals surface area contributed by atoms with E-state index < -0.39 is 20.4 Å². The van der Waals surface area contributed by atoms with Crippen LogP contribution in [0.1, 0.15) is 0 Å². The molecule has 5 heteroatoms. The molecule has 0 aromatic carbocycles. The second-order valence-corrected chi connectivity index (χ2v) is 1.55. The van der Waals surface area contributed by atoms with Gasteiger partial charge in [0.05, 0.1) is 0 Å². The smallest absolute Gasteiger partial charge is 0 e. The van der Waals surface area contributed by atoms with E-state index >= 15 is 0 Å². The monoisotopic (exact) mass is 313 g/mol. The Balaban J connectivity index is 0. The first kappa shape index (κ1) is 10.5. The van der Waals surface area contributed by atoms with Crippen LogP contribution in [0, 0.1) is 0 Å². The summed E-state index contributed by atoms with van der Waals surface area (Å²) < 4.78 is 23.3. The Labute approximate surface area is 96.3 Å². The summed E-state index contributed by atoms with van der Waals surface area (Å²) in [7, 11) is 0. The zero-order chi connectivity index (χ0) is 3.58. The summed E-state index contributed by atoms with van der Waals surface area (Å²) in [5.74, 6) is 0. The Hall–Kier alpha value is 2.56. The minimum Gasteiger partial charge on any atom is 0 e. The van der Waals surface area contributed by atoms with Gasteiger partial charge in [-0.1, -0.05) is 0 Å². The molecule has 0 unspecified atom stereocenters. The van der Waals surface area contributed by atoms with Gasteiger partial charge in [-0.3, -0.25) is 0 Å². The maximum Gasteiger partial charge on any atom is 0 e. The van der Waals surface area contributed by atoms with E-state index in [-0.39, 0.29) is 68.9 Å². The molecule has 1 radical (unpaired) electrons. The van der Waals surface area contributed by atoms with E-state index in [1.807, 2.05) is 0 Å². The molecule has 0 bridgehead atoms. The van der Waals surface area contributed by atoms with Crippen molar-refractivity contribution < 1.29 is 10.0 Å². The van der Waals surface area contributed by atoms with Crippen molar-refractivity contribution in [2.75, 3.05) is 0 Å². The average Bonchev–Trinajstić information content (AvgIpc) is 0.811. The van der Waals surface area contributed by atoms with E-state index in [1.165, 1.54) is 0 Å². The third kappa shape index (κ3) is 20.8. The molecule has 0 spiro atoms. The summed E-state index contributed by atoms with van der Waals surface area (Å²) in [4.78, 5) is 0. The minimum atomic E-state index is -3.61. The first-order valence-electron chi connectivity index (χ1n) is 0.532. The second kappa shape index (κ2) is 6.56. The maximum absolute atomic E-state index is 8.81. The molecule has 0 aliphatic carbocycles. The maximum atomic E-state index is 8.81. The van der Waals surface area contributed by atoms with Crippen LogP contribution in [0.2, 0.25) is 0 Å². The Morgan fingerprint density at radius 1 is 1.40 bits per heavy atom. The molecule has 0 aromatic rings. The van der Waals surface area contributed by atoms with Gasteiger partial charge in [0, 0.05) is 68.9 Å². The number of hydrogen-bond donors (Lipinski definition) is 2. The third-order valence-electron chi connectivity index (χ3n) is 0. The fourth-order valence-electron chi connectivity index (χ4n) is 0. The van der Waals surface area contributed by atoms with Crippen LogP contribution < -0.4 is 0 Å². The average molecular weight is 311 g/mol. The summed E-state index contributed by atoms with van der Waals surface area (Å²) in [6.07, 6.45) is 0. The van der Waals surface area contributed by atoms with Gasteiger partial charge in [-0.05, 0) is 0 Å². The fourth-order valence-corrected chi connectivity index (χ4v) is 0. The summed E-state index contributed by atoms with van der Waals surface area (Å²) in [5.41, 5.74) is 0. The Morgan fingerprint density at radius 2 is 1.40 bits per heavy atom. The molecule has 0 amide bonds. The van der Waals surface area contributed by atoms with Crippen LogP contribution >= 0.6 is 0 Å². The SMILES string of the molecule is O=[Te](O)O.[Cs]. The summed E-state index contributed by atoms with van der Waals surface area (Å²) in [6, 6.07) is 0. The van der Waals surface area contributed by atoms with Crippen molar-refractivity contribution in [1.82, 2.24) is 0 Å². The largest absolute Gasteiger partial charge is 0 e. The Kier molecular flexibility index (Phi) is 13.8. The van der Waals surface area contributed by atoms with Gasteiger partial charge in [0.1, 0.15) is 0 Å². The van der Waals surface area contributed by atoms with Crippen molar-refractivity contribution in [1.29, 1.82) is 0 Å². The van der Waals surface area contributed by atoms with Crippen LogP contribution in [-0.2, 0) is 3.10 Å². The van der Waals surface area contributed by atoms with Crippen molar-refractivity contribution in [2.24, 2.45) is 0 Å². The summed E-state index contributed by atoms with van der Waals surface area (Å²) in [5, 5.41) is 0. The molecule has 27 valence electrons. The Bertz CT molecular complexity index is 29.9. The third-order valence-corrected chi connectivity index (χ3v) is 0. The van der Waals surface area contributed by atoms with E-state index in [0.29, 0.717) is 0 Å². The second-order valence-electron chi connectivity index (χ2n) is 0.231. The van der Waals surface area contributed by atoms with Crippen molar-refractivity contribution >= 4 is 89.3 Å². The molecule has 0 aliphatic rings. The van der Waals surface area contributed by atoms with Crippen LogP contribution in [0.5, 0.6) is 0 Å². The fraction of sp³-hybridized carbons (Fsp3) is 0. The van der Waals surface area contributed by atoms with Crippen molar-refractivity contribution in [2.45, 2.75) is 0 Å². The predicted molar refractivity (Wildman–Crippen MR) is 16.6 cm³/mol. The van der Waals surface area contributed by atoms with E-state index in [0.717, 1.165) is 0 Å². The van der Waals surface area contributed by atoms with Crippen LogP contribution in [0.4, 0.5) is 0 Å². The van der Waals surface area contributed by atoms with Gasteiger partial charge in [0.25, 0.3) is 0 Å². The van der Waals surface area contributed by atoms with E-state index in [4.69, 9.17) is 10.0 Å². The number of hydrogen-bond acceptors (Lipinski definition) is 1. The normalized spacial score (nSPS) is 7.00. The topological polar surface area (TPSA) is 57.5 Å². The Morgan fingerprint density at radius 3 is 1.40 bits per heavy atom. The molecule has 0 fully saturated rings. The summed E-state index contributed by atoms with van der Waals surface area (Å²) in [6.45, 7) is 0. The first-order chi connectivity index (χ1) is 1.73. The molecule has 0 rings (SSSR count). The molecule has 0 atom stereocenters. The summed E-state index contributed by atoms with van der Waals surface area (Å²) >= 11 is -3.61. The van der Waals surface area contributed by atoms with Crippen molar-refractivity contribution in [3.8, 4) is 0 Å². The van der Waals surface area contributed by atoms with Gasteiger partial charge in [-0.15, -0.1) is 0 Å².